The van der Waals surface area contributed by atoms with E-state index in [1.807, 2.05) is 10.8 Å². The van der Waals surface area contributed by atoms with Gasteiger partial charge in [-0.25, -0.2) is 4.57 Å². The fourth-order valence-corrected chi connectivity index (χ4v) is 0.946. The van der Waals surface area contributed by atoms with E-state index in [0.29, 0.717) is 0 Å². The molecule has 0 fully saturated rings. The molecule has 0 aromatic carbocycles. The molecule has 0 aliphatic rings. The topological polar surface area (TPSA) is 25.9 Å². The van der Waals surface area contributed by atoms with Gasteiger partial charge in [-0.05, 0) is 6.42 Å². The van der Waals surface area contributed by atoms with Crippen molar-refractivity contribution >= 4 is 6.41 Å². The number of aryl methyl sites for hydroxylation is 1. The largest absolute Gasteiger partial charge is 0.301 e. The van der Waals surface area contributed by atoms with E-state index in [1.54, 1.807) is 12.5 Å². The molecule has 1 heterocycles. The lowest BCUT2D eigenvalue weighted by Crippen LogP contribution is -2.30. The first-order valence-electron chi connectivity index (χ1n) is 3.88. The second kappa shape index (κ2) is 3.91. The first-order chi connectivity index (χ1) is 5.36. The number of hydrogen-bond donors (Lipinski definition) is 0. The summed E-state index contributed by atoms with van der Waals surface area (Å²) in [7, 11) is 0. The molecule has 60 valence electrons. The van der Waals surface area contributed by atoms with Crippen molar-refractivity contribution in [3.05, 3.63) is 18.7 Å². The van der Waals surface area contributed by atoms with E-state index >= 15 is 0 Å². The highest BCUT2D eigenvalue weighted by atomic mass is 16.1. The maximum absolute atomic E-state index is 10.2. The van der Waals surface area contributed by atoms with Crippen molar-refractivity contribution in [1.82, 2.24) is 4.57 Å². The molecule has 0 aliphatic carbocycles. The number of imidazole rings is 1. The van der Waals surface area contributed by atoms with Crippen molar-refractivity contribution in [1.29, 1.82) is 0 Å². The number of aromatic nitrogens is 2. The molecule has 0 amide bonds. The first-order valence-corrected chi connectivity index (χ1v) is 3.88. The van der Waals surface area contributed by atoms with Crippen molar-refractivity contribution in [2.75, 3.05) is 0 Å². The van der Waals surface area contributed by atoms with Crippen LogP contribution in [-0.2, 0) is 11.3 Å². The fourth-order valence-electron chi connectivity index (χ4n) is 0.946. The van der Waals surface area contributed by atoms with Gasteiger partial charge in [0.05, 0.1) is 6.54 Å². The van der Waals surface area contributed by atoms with Crippen molar-refractivity contribution in [2.45, 2.75) is 26.3 Å². The third-order valence-electron chi connectivity index (χ3n) is 1.60. The smallest absolute Gasteiger partial charge is 0.250 e. The molecule has 3 heteroatoms. The van der Waals surface area contributed by atoms with Gasteiger partial charge in [0.25, 0.3) is 6.33 Å². The van der Waals surface area contributed by atoms with E-state index in [1.165, 1.54) is 11.0 Å². The first kappa shape index (κ1) is 7.98. The van der Waals surface area contributed by atoms with Crippen LogP contribution in [0.2, 0.25) is 0 Å². The Balaban J connectivity index is 2.51. The standard InChI is InChI=1S/C8H13N2O/c1-2-3-4-9-5-6-10(7-9)8-11/h5-8H,2-4H2,1H3/q+1. The summed E-state index contributed by atoms with van der Waals surface area (Å²) >= 11 is 0. The lowest BCUT2D eigenvalue weighted by Gasteiger charge is -1.90. The molecule has 0 radical (unpaired) electrons. The van der Waals surface area contributed by atoms with Crippen LogP contribution in [-0.4, -0.2) is 11.0 Å². The van der Waals surface area contributed by atoms with Crippen LogP contribution in [0.5, 0.6) is 0 Å². The van der Waals surface area contributed by atoms with E-state index in [-0.39, 0.29) is 0 Å². The van der Waals surface area contributed by atoms with Crippen LogP contribution in [0.25, 0.3) is 0 Å². The van der Waals surface area contributed by atoms with Crippen LogP contribution in [0.15, 0.2) is 18.7 Å². The molecule has 1 rings (SSSR count). The van der Waals surface area contributed by atoms with Crippen LogP contribution < -0.4 is 4.57 Å². The van der Waals surface area contributed by atoms with E-state index in [4.69, 9.17) is 0 Å². The lowest BCUT2D eigenvalue weighted by atomic mass is 10.3. The molecule has 0 N–H and O–H groups in total. The van der Waals surface area contributed by atoms with E-state index in [9.17, 15) is 4.79 Å². The second-order valence-electron chi connectivity index (χ2n) is 2.56. The van der Waals surface area contributed by atoms with E-state index < -0.39 is 0 Å². The van der Waals surface area contributed by atoms with Crippen molar-refractivity contribution in [3.63, 3.8) is 0 Å². The van der Waals surface area contributed by atoms with Gasteiger partial charge in [-0.3, -0.25) is 4.79 Å². The lowest BCUT2D eigenvalue weighted by molar-refractivity contribution is -0.696. The zero-order valence-corrected chi connectivity index (χ0v) is 6.73. The second-order valence-corrected chi connectivity index (χ2v) is 2.56. The number of hydrogen-bond acceptors (Lipinski definition) is 1. The molecule has 0 bridgehead atoms. The zero-order valence-electron chi connectivity index (χ0n) is 6.73. The van der Waals surface area contributed by atoms with Crippen LogP contribution >= 0.6 is 0 Å². The Morgan fingerprint density at radius 1 is 1.64 bits per heavy atom. The molecule has 11 heavy (non-hydrogen) atoms. The van der Waals surface area contributed by atoms with E-state index in [2.05, 4.69) is 6.92 Å². The van der Waals surface area contributed by atoms with Gasteiger partial charge in [0.1, 0.15) is 12.4 Å². The Bertz CT molecular complexity index is 230. The summed E-state index contributed by atoms with van der Waals surface area (Å²) in [6.07, 6.45) is 8.59. The number of carbonyl (C=O) groups excluding carboxylic acids is 1. The van der Waals surface area contributed by atoms with Gasteiger partial charge >= 0.3 is 6.41 Å². The molecule has 0 spiro atoms. The maximum Gasteiger partial charge on any atom is 0.301 e. The highest BCUT2D eigenvalue weighted by Gasteiger charge is 1.99. The third kappa shape index (κ3) is 2.18. The highest BCUT2D eigenvalue weighted by Crippen LogP contribution is 1.86. The van der Waals surface area contributed by atoms with Crippen LogP contribution in [0.4, 0.5) is 0 Å². The van der Waals surface area contributed by atoms with E-state index in [0.717, 1.165) is 19.4 Å². The predicted molar refractivity (Wildman–Crippen MR) is 41.7 cm³/mol. The van der Waals surface area contributed by atoms with Crippen LogP contribution in [0, 0.1) is 0 Å². The van der Waals surface area contributed by atoms with Crippen LogP contribution in [0.1, 0.15) is 19.8 Å². The monoisotopic (exact) mass is 153 g/mol. The van der Waals surface area contributed by atoms with Gasteiger partial charge in [-0.2, -0.15) is 4.57 Å². The van der Waals surface area contributed by atoms with Gasteiger partial charge in [0.2, 0.25) is 0 Å². The average molecular weight is 153 g/mol. The summed E-state index contributed by atoms with van der Waals surface area (Å²) < 4.78 is 3.52. The Morgan fingerprint density at radius 3 is 3.00 bits per heavy atom. The third-order valence-corrected chi connectivity index (χ3v) is 1.60. The summed E-state index contributed by atoms with van der Waals surface area (Å²) in [5.74, 6) is 0. The number of carbonyl (C=O) groups is 1. The quantitative estimate of drug-likeness (QED) is 0.460. The molecular formula is C8H13N2O+. The van der Waals surface area contributed by atoms with Gasteiger partial charge in [0.15, 0.2) is 0 Å². The normalized spacial score (nSPS) is 9.91. The van der Waals surface area contributed by atoms with Gasteiger partial charge in [-0.1, -0.05) is 13.3 Å². The van der Waals surface area contributed by atoms with Crippen molar-refractivity contribution in [3.8, 4) is 0 Å². The Hall–Kier alpha value is -1.12. The van der Waals surface area contributed by atoms with Gasteiger partial charge in [0, 0.05) is 0 Å². The Morgan fingerprint density at radius 2 is 2.45 bits per heavy atom. The molecule has 0 saturated heterocycles. The number of rotatable bonds is 4. The molecule has 0 aliphatic heterocycles. The SMILES string of the molecule is CCCC[n+]1ccn(C=O)c1. The molecule has 3 nitrogen and oxygen atoms in total. The van der Waals surface area contributed by atoms with Crippen molar-refractivity contribution < 1.29 is 9.36 Å². The summed E-state index contributed by atoms with van der Waals surface area (Å²) in [6.45, 7) is 3.15. The number of nitrogens with zero attached hydrogens (tertiary/aromatic N) is 2. The Kier molecular flexibility index (Phi) is 2.83. The van der Waals surface area contributed by atoms with Gasteiger partial charge in [-0.15, -0.1) is 0 Å². The van der Waals surface area contributed by atoms with Gasteiger partial charge < -0.3 is 0 Å². The van der Waals surface area contributed by atoms with Crippen LogP contribution in [0.3, 0.4) is 0 Å². The average Bonchev–Trinajstić information content (AvgIpc) is 2.48. The maximum atomic E-state index is 10.2. The fraction of sp³-hybridized carbons (Fsp3) is 0.500. The summed E-state index contributed by atoms with van der Waals surface area (Å²) in [5.41, 5.74) is 0. The predicted octanol–water partition coefficient (Wildman–Crippen LogP) is 0.614. The number of unbranched alkanes of at least 4 members (excludes halogenated alkanes) is 1. The minimum absolute atomic E-state index is 0.794. The molecular weight excluding hydrogens is 140 g/mol. The minimum atomic E-state index is 0.794. The summed E-state index contributed by atoms with van der Waals surface area (Å²) in [5, 5.41) is 0. The molecule has 0 saturated carbocycles. The molecule has 1 aromatic rings. The minimum Gasteiger partial charge on any atom is -0.250 e. The molecule has 0 atom stereocenters. The zero-order chi connectivity index (χ0) is 8.10. The molecule has 0 unspecified atom stereocenters. The molecule has 1 aromatic heterocycles. The van der Waals surface area contributed by atoms with Crippen molar-refractivity contribution in [2.24, 2.45) is 0 Å². The summed E-state index contributed by atoms with van der Waals surface area (Å²) in [6, 6.07) is 0. The highest BCUT2D eigenvalue weighted by molar-refractivity contribution is 5.50. The Labute approximate surface area is 66.3 Å². The summed E-state index contributed by atoms with van der Waals surface area (Å²) in [4.78, 5) is 10.2.